The summed E-state index contributed by atoms with van der Waals surface area (Å²) in [6, 6.07) is 2.95. The van der Waals surface area contributed by atoms with Crippen molar-refractivity contribution in [2.45, 2.75) is 63.6 Å². The summed E-state index contributed by atoms with van der Waals surface area (Å²) in [5.41, 5.74) is 1.99. The lowest BCUT2D eigenvalue weighted by molar-refractivity contribution is -0.183. The van der Waals surface area contributed by atoms with Gasteiger partial charge in [-0.1, -0.05) is 0 Å². The van der Waals surface area contributed by atoms with E-state index in [0.717, 1.165) is 24.7 Å². The zero-order chi connectivity index (χ0) is 25.2. The summed E-state index contributed by atoms with van der Waals surface area (Å²) in [6.07, 6.45) is 3.23. The number of hydrogen-bond donors (Lipinski definition) is 3. The fraction of sp³-hybridized carbons (Fsp3) is 0.680. The van der Waals surface area contributed by atoms with E-state index < -0.39 is 42.6 Å². The molecule has 0 bridgehead atoms. The molecule has 1 aliphatic heterocycles. The number of halogens is 3. The average molecular weight is 506 g/mol. The Morgan fingerprint density at radius 1 is 1.22 bits per heavy atom. The summed E-state index contributed by atoms with van der Waals surface area (Å²) in [4.78, 5) is 28.5. The van der Waals surface area contributed by atoms with E-state index in [1.807, 2.05) is 0 Å². The van der Waals surface area contributed by atoms with Crippen molar-refractivity contribution in [3.05, 3.63) is 29.7 Å². The van der Waals surface area contributed by atoms with Gasteiger partial charge in [-0.25, -0.2) is 14.3 Å². The number of fused-ring (bicyclic) bond motifs is 1. The number of amides is 2. The Bertz CT molecular complexity index is 1170. The van der Waals surface area contributed by atoms with Crippen LogP contribution in [0.1, 0.15) is 62.4 Å². The minimum Gasteiger partial charge on any atom is -0.465 e. The number of carboxylic acid groups (broad SMARTS) is 1. The van der Waals surface area contributed by atoms with Gasteiger partial charge in [0.2, 0.25) is 5.91 Å². The van der Waals surface area contributed by atoms with E-state index in [-0.39, 0.29) is 18.8 Å². The van der Waals surface area contributed by atoms with Crippen molar-refractivity contribution >= 4 is 17.6 Å². The van der Waals surface area contributed by atoms with Crippen LogP contribution in [0.4, 0.5) is 18.0 Å². The molecule has 3 N–H and O–H groups in total. The second kappa shape index (κ2) is 8.34. The summed E-state index contributed by atoms with van der Waals surface area (Å²) >= 11 is 0. The van der Waals surface area contributed by atoms with Gasteiger partial charge >= 0.3 is 12.3 Å². The van der Waals surface area contributed by atoms with Gasteiger partial charge in [-0.15, -0.1) is 0 Å². The molecular weight excluding hydrogens is 475 g/mol. The van der Waals surface area contributed by atoms with Crippen LogP contribution in [0.25, 0.3) is 5.65 Å². The Hall–Kier alpha value is -2.85. The van der Waals surface area contributed by atoms with E-state index in [1.54, 1.807) is 18.3 Å². The maximum absolute atomic E-state index is 13.2. The number of piperidine rings is 1. The fourth-order valence-corrected chi connectivity index (χ4v) is 6.81. The minimum absolute atomic E-state index is 0.0899. The molecule has 6 rings (SSSR count). The molecule has 0 aromatic carbocycles. The molecule has 0 spiro atoms. The number of nitrogens with one attached hydrogen (secondary N) is 2. The van der Waals surface area contributed by atoms with Gasteiger partial charge in [0.1, 0.15) is 0 Å². The Kier molecular flexibility index (Phi) is 5.46. The number of nitrogens with zero attached hydrogens (tertiary/aromatic N) is 3. The van der Waals surface area contributed by atoms with Gasteiger partial charge in [0, 0.05) is 18.9 Å². The van der Waals surface area contributed by atoms with Crippen LogP contribution in [0.2, 0.25) is 0 Å². The lowest BCUT2D eigenvalue weighted by Crippen LogP contribution is -2.47. The molecule has 2 aromatic rings. The monoisotopic (exact) mass is 505 g/mol. The molecule has 4 aliphatic rings. The standard InChI is InChI=1S/C25H30F3N5O3/c26-25(27,28)17-7-13(22(34)29-11-17)8-18-5-6-20-30-19(12-33(20)32-18)21(31-23(35)36)14-9-24(10-14,15-1-2-15)16-3-4-16/h5-6,12-17,21,31H,1-4,7-11H2,(H,29,34)(H,35,36)/t13?,17-,21?/m1/s1. The van der Waals surface area contributed by atoms with Gasteiger partial charge in [-0.3, -0.25) is 4.79 Å². The first-order valence-electron chi connectivity index (χ1n) is 12.8. The molecule has 2 aromatic heterocycles. The molecule has 36 heavy (non-hydrogen) atoms. The summed E-state index contributed by atoms with van der Waals surface area (Å²) in [5.74, 6) is -1.02. The van der Waals surface area contributed by atoms with E-state index in [9.17, 15) is 27.9 Å². The SMILES string of the molecule is O=C(O)NC(c1cn2nc(CC3C[C@@H](C(F)(F)F)CNC3=O)ccc2n1)C1CC(C2CC2)(C2CC2)C1. The van der Waals surface area contributed by atoms with Crippen molar-refractivity contribution in [2.75, 3.05) is 6.54 Å². The van der Waals surface area contributed by atoms with E-state index >= 15 is 0 Å². The number of imidazole rings is 1. The Morgan fingerprint density at radius 3 is 2.53 bits per heavy atom. The molecule has 11 heteroatoms. The van der Waals surface area contributed by atoms with Crippen molar-refractivity contribution in [3.8, 4) is 0 Å². The van der Waals surface area contributed by atoms with Gasteiger partial charge in [0.05, 0.1) is 29.5 Å². The molecule has 1 saturated heterocycles. The number of alkyl halides is 3. The van der Waals surface area contributed by atoms with E-state index in [4.69, 9.17) is 0 Å². The maximum atomic E-state index is 13.2. The fourth-order valence-electron chi connectivity index (χ4n) is 6.81. The Morgan fingerprint density at radius 2 is 1.92 bits per heavy atom. The number of hydrogen-bond acceptors (Lipinski definition) is 4. The van der Waals surface area contributed by atoms with Crippen LogP contribution < -0.4 is 10.6 Å². The molecule has 8 nitrogen and oxygen atoms in total. The molecule has 3 atom stereocenters. The summed E-state index contributed by atoms with van der Waals surface area (Å²) in [6.45, 7) is -0.391. The summed E-state index contributed by atoms with van der Waals surface area (Å²) < 4.78 is 41.1. The van der Waals surface area contributed by atoms with Gasteiger partial charge < -0.3 is 15.7 Å². The predicted octanol–water partition coefficient (Wildman–Crippen LogP) is 4.11. The molecule has 4 fully saturated rings. The van der Waals surface area contributed by atoms with Crippen molar-refractivity contribution in [2.24, 2.45) is 35.0 Å². The third kappa shape index (κ3) is 4.30. The number of aromatic nitrogens is 3. The molecular formula is C25H30F3N5O3. The lowest BCUT2D eigenvalue weighted by Gasteiger charge is -2.51. The maximum Gasteiger partial charge on any atom is 0.405 e. The zero-order valence-corrected chi connectivity index (χ0v) is 19.8. The van der Waals surface area contributed by atoms with Gasteiger partial charge in [-0.05, 0) is 80.2 Å². The second-order valence-corrected chi connectivity index (χ2v) is 11.3. The van der Waals surface area contributed by atoms with Crippen molar-refractivity contribution in [3.63, 3.8) is 0 Å². The average Bonchev–Trinajstić information content (AvgIpc) is 3.71. The van der Waals surface area contributed by atoms with Crippen LogP contribution in [-0.4, -0.2) is 44.4 Å². The van der Waals surface area contributed by atoms with Crippen LogP contribution in [0.3, 0.4) is 0 Å². The molecule has 2 unspecified atom stereocenters. The number of carbonyl (C=O) groups excluding carboxylic acids is 1. The van der Waals surface area contributed by atoms with Crippen LogP contribution in [-0.2, 0) is 11.2 Å². The first kappa shape index (κ1) is 23.5. The van der Waals surface area contributed by atoms with Gasteiger partial charge in [-0.2, -0.15) is 18.3 Å². The largest absolute Gasteiger partial charge is 0.465 e. The van der Waals surface area contributed by atoms with Crippen LogP contribution in [0, 0.1) is 35.0 Å². The number of carbonyl (C=O) groups is 2. The first-order valence-corrected chi connectivity index (χ1v) is 12.8. The predicted molar refractivity (Wildman–Crippen MR) is 122 cm³/mol. The molecule has 2 amide bonds. The van der Waals surface area contributed by atoms with E-state index in [1.165, 1.54) is 30.2 Å². The number of rotatable bonds is 7. The zero-order valence-electron chi connectivity index (χ0n) is 19.8. The van der Waals surface area contributed by atoms with Crippen molar-refractivity contribution in [1.82, 2.24) is 25.2 Å². The third-order valence-electron chi connectivity index (χ3n) is 8.91. The van der Waals surface area contributed by atoms with Crippen LogP contribution in [0.5, 0.6) is 0 Å². The van der Waals surface area contributed by atoms with Crippen LogP contribution >= 0.6 is 0 Å². The molecule has 3 aliphatic carbocycles. The third-order valence-corrected chi connectivity index (χ3v) is 8.91. The lowest BCUT2D eigenvalue weighted by atomic mass is 9.54. The van der Waals surface area contributed by atoms with Crippen molar-refractivity contribution in [1.29, 1.82) is 0 Å². The van der Waals surface area contributed by atoms with Gasteiger partial charge in [0.25, 0.3) is 0 Å². The molecule has 3 heterocycles. The normalized spacial score (nSPS) is 27.4. The minimum atomic E-state index is -4.35. The molecule has 3 saturated carbocycles. The summed E-state index contributed by atoms with van der Waals surface area (Å²) in [7, 11) is 0. The first-order chi connectivity index (χ1) is 17.1. The van der Waals surface area contributed by atoms with Crippen LogP contribution in [0.15, 0.2) is 18.3 Å². The highest BCUT2D eigenvalue weighted by Crippen LogP contribution is 2.70. The molecule has 0 radical (unpaired) electrons. The van der Waals surface area contributed by atoms with E-state index in [2.05, 4.69) is 20.7 Å². The quantitative estimate of drug-likeness (QED) is 0.525. The van der Waals surface area contributed by atoms with Crippen molar-refractivity contribution < 1.29 is 27.9 Å². The molecule has 194 valence electrons. The topological polar surface area (TPSA) is 109 Å². The summed E-state index contributed by atoms with van der Waals surface area (Å²) in [5, 5.41) is 19.1. The highest BCUT2D eigenvalue weighted by Gasteiger charge is 2.61. The highest BCUT2D eigenvalue weighted by atomic mass is 19.4. The van der Waals surface area contributed by atoms with E-state index in [0.29, 0.717) is 22.5 Å². The smallest absolute Gasteiger partial charge is 0.405 e. The highest BCUT2D eigenvalue weighted by molar-refractivity contribution is 5.79. The second-order valence-electron chi connectivity index (χ2n) is 11.3. The Balaban J connectivity index is 1.20. The Labute approximate surface area is 206 Å². The van der Waals surface area contributed by atoms with Gasteiger partial charge in [0.15, 0.2) is 5.65 Å².